The third-order valence-corrected chi connectivity index (χ3v) is 4.23. The van der Waals surface area contributed by atoms with Gasteiger partial charge in [0.1, 0.15) is 0 Å². The first-order valence-corrected chi connectivity index (χ1v) is 7.05. The molecule has 0 aromatic carbocycles. The summed E-state index contributed by atoms with van der Waals surface area (Å²) in [4.78, 5) is 14.7. The normalized spacial score (nSPS) is 21.6. The minimum atomic E-state index is -0.386. The first kappa shape index (κ1) is 19.9. The molecule has 0 unspecified atom stereocenters. The lowest BCUT2D eigenvalue weighted by Gasteiger charge is -2.34. The van der Waals surface area contributed by atoms with E-state index in [2.05, 4.69) is 10.2 Å². The van der Waals surface area contributed by atoms with Crippen molar-refractivity contribution in [3.63, 3.8) is 0 Å². The van der Waals surface area contributed by atoms with Gasteiger partial charge >= 0.3 is 0 Å². The number of amides is 1. The number of ether oxygens (including phenoxy) is 1. The van der Waals surface area contributed by atoms with Crippen LogP contribution in [0.5, 0.6) is 0 Å². The average molecular weight is 328 g/mol. The number of nitrogens with one attached hydrogen (secondary N) is 1. The van der Waals surface area contributed by atoms with Gasteiger partial charge in [0.2, 0.25) is 5.91 Å². The zero-order valence-electron chi connectivity index (χ0n) is 11.9. The summed E-state index contributed by atoms with van der Waals surface area (Å²) < 4.78 is 5.32. The molecule has 0 aliphatic carbocycles. The molecule has 3 N–H and O–H groups in total. The Morgan fingerprint density at radius 1 is 1.20 bits per heavy atom. The van der Waals surface area contributed by atoms with Crippen LogP contribution in [-0.4, -0.2) is 56.7 Å². The topological polar surface area (TPSA) is 67.6 Å². The first-order chi connectivity index (χ1) is 8.77. The third kappa shape index (κ3) is 5.04. The van der Waals surface area contributed by atoms with Gasteiger partial charge < -0.3 is 20.7 Å². The van der Waals surface area contributed by atoms with Crippen LogP contribution in [0.25, 0.3) is 0 Å². The van der Waals surface area contributed by atoms with E-state index in [1.165, 1.54) is 25.9 Å². The molecule has 0 bridgehead atoms. The predicted octanol–water partition coefficient (Wildman–Crippen LogP) is 0.797. The second-order valence-electron chi connectivity index (χ2n) is 5.40. The van der Waals surface area contributed by atoms with Crippen molar-refractivity contribution in [3.8, 4) is 0 Å². The number of rotatable bonds is 5. The summed E-state index contributed by atoms with van der Waals surface area (Å²) in [5.41, 5.74) is 5.42. The Hall–Kier alpha value is -0.0700. The summed E-state index contributed by atoms with van der Waals surface area (Å²) in [5, 5.41) is 3.05. The molecule has 0 spiro atoms. The number of likely N-dealkylation sites (tertiary alicyclic amines) is 1. The lowest BCUT2D eigenvalue weighted by atomic mass is 9.79. The maximum Gasteiger partial charge on any atom is 0.227 e. The third-order valence-electron chi connectivity index (χ3n) is 4.23. The van der Waals surface area contributed by atoms with Gasteiger partial charge in [-0.25, -0.2) is 0 Å². The van der Waals surface area contributed by atoms with Crippen molar-refractivity contribution in [2.24, 2.45) is 11.1 Å². The fraction of sp³-hybridized carbons (Fsp3) is 0.923. The molecule has 7 heteroatoms. The molecule has 120 valence electrons. The van der Waals surface area contributed by atoms with Crippen LogP contribution in [0, 0.1) is 5.41 Å². The maximum atomic E-state index is 12.3. The van der Waals surface area contributed by atoms with Gasteiger partial charge in [-0.2, -0.15) is 0 Å². The zero-order chi connectivity index (χ0) is 12.8. The first-order valence-electron chi connectivity index (χ1n) is 7.05. The van der Waals surface area contributed by atoms with E-state index in [-0.39, 0.29) is 36.1 Å². The lowest BCUT2D eigenvalue weighted by molar-refractivity contribution is -0.135. The molecule has 1 amide bonds. The van der Waals surface area contributed by atoms with Crippen LogP contribution in [0.3, 0.4) is 0 Å². The summed E-state index contributed by atoms with van der Waals surface area (Å²) in [6, 6.07) is 0. The summed E-state index contributed by atoms with van der Waals surface area (Å²) in [5.74, 6) is 0.118. The molecule has 2 aliphatic heterocycles. The smallest absolute Gasteiger partial charge is 0.227 e. The lowest BCUT2D eigenvalue weighted by Crippen LogP contribution is -2.50. The number of hydrogen-bond donors (Lipinski definition) is 2. The Morgan fingerprint density at radius 3 is 2.35 bits per heavy atom. The molecule has 0 atom stereocenters. The monoisotopic (exact) mass is 327 g/mol. The van der Waals surface area contributed by atoms with Crippen molar-refractivity contribution in [1.82, 2.24) is 10.2 Å². The number of carbonyl (C=O) groups is 1. The highest BCUT2D eigenvalue weighted by atomic mass is 35.5. The summed E-state index contributed by atoms with van der Waals surface area (Å²) in [6.45, 7) is 5.77. The molecule has 0 radical (unpaired) electrons. The number of nitrogens with two attached hydrogens (primary N) is 1. The van der Waals surface area contributed by atoms with Gasteiger partial charge in [0.15, 0.2) is 0 Å². The molecule has 0 aromatic heterocycles. The van der Waals surface area contributed by atoms with E-state index in [9.17, 15) is 4.79 Å². The van der Waals surface area contributed by atoms with Crippen molar-refractivity contribution < 1.29 is 9.53 Å². The van der Waals surface area contributed by atoms with Crippen molar-refractivity contribution in [2.75, 3.05) is 45.9 Å². The SMILES string of the molecule is Cl.Cl.NCC1(C(=O)NCCN2CCCC2)CCOCC1. The summed E-state index contributed by atoms with van der Waals surface area (Å²) >= 11 is 0. The van der Waals surface area contributed by atoms with Crippen molar-refractivity contribution in [3.05, 3.63) is 0 Å². The van der Waals surface area contributed by atoms with Crippen LogP contribution in [0.4, 0.5) is 0 Å². The van der Waals surface area contributed by atoms with Crippen LogP contribution < -0.4 is 11.1 Å². The molecule has 2 saturated heterocycles. The highest BCUT2D eigenvalue weighted by Gasteiger charge is 2.38. The van der Waals surface area contributed by atoms with Gasteiger partial charge in [-0.1, -0.05) is 0 Å². The molecule has 2 heterocycles. The standard InChI is InChI=1S/C13H25N3O2.2ClH/c14-11-13(3-9-18-10-4-13)12(17)15-5-8-16-6-1-2-7-16;;/h1-11,14H2,(H,15,17);2*1H. The molecule has 2 fully saturated rings. The van der Waals surface area contributed by atoms with Gasteiger partial charge in [0, 0.05) is 32.8 Å². The molecule has 2 rings (SSSR count). The van der Waals surface area contributed by atoms with Crippen molar-refractivity contribution in [1.29, 1.82) is 0 Å². The van der Waals surface area contributed by atoms with Gasteiger partial charge in [-0.15, -0.1) is 24.8 Å². The van der Waals surface area contributed by atoms with Crippen molar-refractivity contribution in [2.45, 2.75) is 25.7 Å². The Bertz CT molecular complexity index is 281. The van der Waals surface area contributed by atoms with Crippen LogP contribution in [-0.2, 0) is 9.53 Å². The quantitative estimate of drug-likeness (QED) is 0.783. The average Bonchev–Trinajstić information content (AvgIpc) is 2.92. The molecule has 5 nitrogen and oxygen atoms in total. The number of nitrogens with zero attached hydrogens (tertiary/aromatic N) is 1. The van der Waals surface area contributed by atoms with Crippen LogP contribution in [0.15, 0.2) is 0 Å². The maximum absolute atomic E-state index is 12.3. The minimum absolute atomic E-state index is 0. The minimum Gasteiger partial charge on any atom is -0.381 e. The molecule has 0 aromatic rings. The van der Waals surface area contributed by atoms with E-state index >= 15 is 0 Å². The summed E-state index contributed by atoms with van der Waals surface area (Å²) in [7, 11) is 0. The molecule has 20 heavy (non-hydrogen) atoms. The zero-order valence-corrected chi connectivity index (χ0v) is 13.6. The van der Waals surface area contributed by atoms with Gasteiger partial charge in [0.05, 0.1) is 5.41 Å². The Labute approximate surface area is 133 Å². The fourth-order valence-corrected chi connectivity index (χ4v) is 2.81. The van der Waals surface area contributed by atoms with Gasteiger partial charge in [0.25, 0.3) is 0 Å². The van der Waals surface area contributed by atoms with E-state index in [0.717, 1.165) is 25.9 Å². The Morgan fingerprint density at radius 2 is 1.80 bits per heavy atom. The van der Waals surface area contributed by atoms with E-state index < -0.39 is 0 Å². The largest absolute Gasteiger partial charge is 0.381 e. The molecular formula is C13H27Cl2N3O2. The Kier molecular flexibility index (Phi) is 9.76. The van der Waals surface area contributed by atoms with Gasteiger partial charge in [-0.3, -0.25) is 4.79 Å². The van der Waals surface area contributed by atoms with Gasteiger partial charge in [-0.05, 0) is 38.8 Å². The van der Waals surface area contributed by atoms with E-state index in [1.54, 1.807) is 0 Å². The predicted molar refractivity (Wildman–Crippen MR) is 84.7 cm³/mol. The van der Waals surface area contributed by atoms with Crippen LogP contribution >= 0.6 is 24.8 Å². The second kappa shape index (κ2) is 9.79. The van der Waals surface area contributed by atoms with Crippen LogP contribution in [0.2, 0.25) is 0 Å². The molecule has 0 saturated carbocycles. The van der Waals surface area contributed by atoms with E-state index in [1.807, 2.05) is 0 Å². The molecular weight excluding hydrogens is 301 g/mol. The molecule has 2 aliphatic rings. The highest BCUT2D eigenvalue weighted by Crippen LogP contribution is 2.29. The van der Waals surface area contributed by atoms with E-state index in [0.29, 0.717) is 19.8 Å². The number of carbonyl (C=O) groups excluding carboxylic acids is 1. The second-order valence-corrected chi connectivity index (χ2v) is 5.40. The summed E-state index contributed by atoms with van der Waals surface area (Å²) in [6.07, 6.45) is 4.08. The highest BCUT2D eigenvalue weighted by molar-refractivity contribution is 5.85. The fourth-order valence-electron chi connectivity index (χ4n) is 2.81. The number of hydrogen-bond acceptors (Lipinski definition) is 4. The van der Waals surface area contributed by atoms with Crippen molar-refractivity contribution >= 4 is 30.7 Å². The van der Waals surface area contributed by atoms with Crippen LogP contribution in [0.1, 0.15) is 25.7 Å². The number of halogens is 2. The van der Waals surface area contributed by atoms with E-state index in [4.69, 9.17) is 10.5 Å². The Balaban J connectivity index is 0.00000180.